The van der Waals surface area contributed by atoms with Crippen molar-refractivity contribution in [3.63, 3.8) is 0 Å². The van der Waals surface area contributed by atoms with Gasteiger partial charge in [-0.25, -0.2) is 13.2 Å². The quantitative estimate of drug-likeness (QED) is 0.908. The minimum atomic E-state index is -3.13. The smallest absolute Gasteiger partial charge is 0.277 e. The third kappa shape index (κ3) is 3.84. The minimum absolute atomic E-state index is 0. The first-order valence-corrected chi connectivity index (χ1v) is 6.28. The molecule has 0 saturated carbocycles. The topological polar surface area (TPSA) is 55.1 Å². The molecule has 0 spiro atoms. The van der Waals surface area contributed by atoms with Crippen molar-refractivity contribution in [2.24, 2.45) is 5.73 Å². The van der Waals surface area contributed by atoms with E-state index in [1.54, 1.807) is 6.07 Å². The fourth-order valence-corrected chi connectivity index (χ4v) is 2.45. The molecular formula is C12H12ClF3N2OS. The van der Waals surface area contributed by atoms with E-state index < -0.39 is 30.7 Å². The average Bonchev–Trinajstić information content (AvgIpc) is 2.79. The van der Waals surface area contributed by atoms with Crippen molar-refractivity contribution < 1.29 is 18.0 Å². The lowest BCUT2D eigenvalue weighted by molar-refractivity contribution is 0.0119. The molecule has 2 rings (SSSR count). The van der Waals surface area contributed by atoms with Crippen LogP contribution in [0.4, 0.5) is 13.2 Å². The van der Waals surface area contributed by atoms with Crippen LogP contribution in [-0.2, 0) is 0 Å². The number of fused-ring (bicyclic) bond motifs is 1. The largest absolute Gasteiger partial charge is 0.345 e. The first kappa shape index (κ1) is 16.7. The molecule has 110 valence electrons. The number of hydrogen-bond acceptors (Lipinski definition) is 3. The van der Waals surface area contributed by atoms with Crippen molar-refractivity contribution in [2.75, 3.05) is 13.1 Å². The third-order valence-electron chi connectivity index (χ3n) is 2.51. The maximum absolute atomic E-state index is 13.0. The lowest BCUT2D eigenvalue weighted by atomic mass is 10.2. The van der Waals surface area contributed by atoms with Crippen molar-refractivity contribution in [3.05, 3.63) is 35.0 Å². The summed E-state index contributed by atoms with van der Waals surface area (Å²) < 4.78 is 39.5. The van der Waals surface area contributed by atoms with Gasteiger partial charge in [0, 0.05) is 4.70 Å². The summed E-state index contributed by atoms with van der Waals surface area (Å²) in [5, 5.41) is 2.68. The molecule has 3 N–H and O–H groups in total. The molecule has 3 nitrogen and oxygen atoms in total. The molecule has 0 unspecified atom stereocenters. The number of halogens is 4. The van der Waals surface area contributed by atoms with Gasteiger partial charge in [-0.1, -0.05) is 0 Å². The molecular weight excluding hydrogens is 313 g/mol. The Labute approximate surface area is 123 Å². The molecule has 1 aromatic carbocycles. The van der Waals surface area contributed by atoms with E-state index in [4.69, 9.17) is 5.73 Å². The summed E-state index contributed by atoms with van der Waals surface area (Å²) >= 11 is 1.12. The number of thiophene rings is 1. The van der Waals surface area contributed by atoms with Crippen molar-refractivity contribution in [3.8, 4) is 0 Å². The molecule has 1 heterocycles. The van der Waals surface area contributed by atoms with Crippen LogP contribution in [-0.4, -0.2) is 24.9 Å². The number of hydrogen-bond donors (Lipinski definition) is 2. The van der Waals surface area contributed by atoms with Gasteiger partial charge in [0.1, 0.15) is 5.82 Å². The molecule has 0 bridgehead atoms. The van der Waals surface area contributed by atoms with E-state index in [9.17, 15) is 18.0 Å². The van der Waals surface area contributed by atoms with Gasteiger partial charge in [0.15, 0.2) is 0 Å². The van der Waals surface area contributed by atoms with Gasteiger partial charge in [0.2, 0.25) is 0 Å². The summed E-state index contributed by atoms with van der Waals surface area (Å²) in [4.78, 5) is 12.0. The zero-order valence-electron chi connectivity index (χ0n) is 10.2. The lowest BCUT2D eigenvalue weighted by Crippen LogP contribution is -2.41. The third-order valence-corrected chi connectivity index (χ3v) is 3.62. The van der Waals surface area contributed by atoms with Gasteiger partial charge in [-0.3, -0.25) is 4.79 Å². The van der Waals surface area contributed by atoms with Crippen LogP contribution >= 0.6 is 23.7 Å². The highest BCUT2D eigenvalue weighted by Gasteiger charge is 2.27. The SMILES string of the molecule is Cl.NCC(F)(F)CNC(=O)c1cc2cc(F)ccc2s1. The van der Waals surface area contributed by atoms with Gasteiger partial charge >= 0.3 is 0 Å². The highest BCUT2D eigenvalue weighted by molar-refractivity contribution is 7.20. The van der Waals surface area contributed by atoms with Crippen LogP contribution in [0.3, 0.4) is 0 Å². The average molecular weight is 325 g/mol. The maximum Gasteiger partial charge on any atom is 0.277 e. The zero-order valence-corrected chi connectivity index (χ0v) is 11.8. The van der Waals surface area contributed by atoms with Crippen LogP contribution in [0.5, 0.6) is 0 Å². The summed E-state index contributed by atoms with van der Waals surface area (Å²) in [5.41, 5.74) is 4.87. The molecule has 0 radical (unpaired) electrons. The fraction of sp³-hybridized carbons (Fsp3) is 0.250. The molecule has 1 amide bonds. The predicted octanol–water partition coefficient (Wildman–Crippen LogP) is 2.79. The molecule has 8 heteroatoms. The number of amides is 1. The van der Waals surface area contributed by atoms with Crippen LogP contribution < -0.4 is 11.1 Å². The standard InChI is InChI=1S/C12H11F3N2OS.ClH/c13-8-1-2-9-7(3-8)4-10(19-9)11(18)17-6-12(14,15)5-16;/h1-4H,5-6,16H2,(H,17,18);1H. The Hall–Kier alpha value is -1.31. The fourth-order valence-electron chi connectivity index (χ4n) is 1.49. The number of carbonyl (C=O) groups excluding carboxylic acids is 1. The van der Waals surface area contributed by atoms with Crippen molar-refractivity contribution in [1.82, 2.24) is 5.32 Å². The van der Waals surface area contributed by atoms with Gasteiger partial charge in [-0.05, 0) is 29.7 Å². The number of nitrogens with one attached hydrogen (secondary N) is 1. The molecule has 0 aliphatic heterocycles. The van der Waals surface area contributed by atoms with Crippen LogP contribution in [0.15, 0.2) is 24.3 Å². The van der Waals surface area contributed by atoms with E-state index in [0.29, 0.717) is 5.39 Å². The Morgan fingerprint density at radius 1 is 1.35 bits per heavy atom. The van der Waals surface area contributed by atoms with Crippen molar-refractivity contribution >= 4 is 39.7 Å². The second kappa shape index (κ2) is 6.43. The van der Waals surface area contributed by atoms with E-state index >= 15 is 0 Å². The summed E-state index contributed by atoms with van der Waals surface area (Å²) in [6, 6.07) is 5.58. The number of alkyl halides is 2. The van der Waals surface area contributed by atoms with Crippen molar-refractivity contribution in [1.29, 1.82) is 0 Å². The number of carbonyl (C=O) groups is 1. The second-order valence-electron chi connectivity index (χ2n) is 4.04. The maximum atomic E-state index is 13.0. The number of benzene rings is 1. The highest BCUT2D eigenvalue weighted by Crippen LogP contribution is 2.26. The van der Waals surface area contributed by atoms with Crippen molar-refractivity contribution in [2.45, 2.75) is 5.92 Å². The Kier molecular flexibility index (Phi) is 5.38. The molecule has 2 aromatic rings. The molecule has 0 saturated heterocycles. The van der Waals surface area contributed by atoms with Gasteiger partial charge in [0.05, 0.1) is 18.0 Å². The normalized spacial score (nSPS) is 11.2. The van der Waals surface area contributed by atoms with Crippen LogP contribution in [0.25, 0.3) is 10.1 Å². The first-order valence-electron chi connectivity index (χ1n) is 5.46. The number of rotatable bonds is 4. The predicted molar refractivity (Wildman–Crippen MR) is 75.4 cm³/mol. The second-order valence-corrected chi connectivity index (χ2v) is 5.12. The summed E-state index contributed by atoms with van der Waals surface area (Å²) in [6.07, 6.45) is 0. The summed E-state index contributed by atoms with van der Waals surface area (Å²) in [6.45, 7) is -1.64. The molecule has 20 heavy (non-hydrogen) atoms. The molecule has 0 fully saturated rings. The van der Waals surface area contributed by atoms with Crippen LogP contribution in [0, 0.1) is 5.82 Å². The van der Waals surface area contributed by atoms with Gasteiger partial charge in [-0.2, -0.15) is 0 Å². The monoisotopic (exact) mass is 324 g/mol. The molecule has 0 aliphatic carbocycles. The minimum Gasteiger partial charge on any atom is -0.345 e. The lowest BCUT2D eigenvalue weighted by Gasteiger charge is -2.13. The summed E-state index contributed by atoms with van der Waals surface area (Å²) in [5.74, 6) is -4.15. The summed E-state index contributed by atoms with van der Waals surface area (Å²) in [7, 11) is 0. The number of nitrogens with two attached hydrogens (primary N) is 1. The van der Waals surface area contributed by atoms with Crippen LogP contribution in [0.2, 0.25) is 0 Å². The van der Waals surface area contributed by atoms with E-state index in [2.05, 4.69) is 5.32 Å². The highest BCUT2D eigenvalue weighted by atomic mass is 35.5. The van der Waals surface area contributed by atoms with E-state index in [1.165, 1.54) is 18.2 Å². The van der Waals surface area contributed by atoms with E-state index in [0.717, 1.165) is 16.0 Å². The molecule has 0 atom stereocenters. The van der Waals surface area contributed by atoms with Gasteiger partial charge in [0.25, 0.3) is 11.8 Å². The van der Waals surface area contributed by atoms with Gasteiger partial charge < -0.3 is 11.1 Å². The van der Waals surface area contributed by atoms with E-state index in [-0.39, 0.29) is 17.3 Å². The van der Waals surface area contributed by atoms with Crippen LogP contribution in [0.1, 0.15) is 9.67 Å². The van der Waals surface area contributed by atoms with Gasteiger partial charge in [-0.15, -0.1) is 23.7 Å². The van der Waals surface area contributed by atoms with E-state index in [1.807, 2.05) is 0 Å². The molecule has 0 aliphatic rings. The Bertz CT molecular complexity index is 618. The zero-order chi connectivity index (χ0) is 14.0. The Morgan fingerprint density at radius 2 is 2.05 bits per heavy atom. The first-order chi connectivity index (χ1) is 8.91. The molecule has 1 aromatic heterocycles. The Morgan fingerprint density at radius 3 is 2.70 bits per heavy atom. The Balaban J connectivity index is 0.00000200.